The minimum atomic E-state index is 0.127. The maximum atomic E-state index is 5.77. The number of nitrogens with zero attached hydrogens (tertiary/aromatic N) is 3. The van der Waals surface area contributed by atoms with E-state index in [1.807, 2.05) is 49.5 Å². The molecule has 1 heterocycles. The lowest BCUT2D eigenvalue weighted by molar-refractivity contribution is 0.730. The van der Waals surface area contributed by atoms with E-state index in [0.717, 1.165) is 23.0 Å². The summed E-state index contributed by atoms with van der Waals surface area (Å²) in [7, 11) is 1.99. The summed E-state index contributed by atoms with van der Waals surface area (Å²) in [6.45, 7) is 2.74. The summed E-state index contributed by atoms with van der Waals surface area (Å²) >= 11 is 3.55. The molecule has 0 radical (unpaired) electrons. The Kier molecular flexibility index (Phi) is 5.09. The molecule has 0 aliphatic heterocycles. The molecule has 0 saturated heterocycles. The van der Waals surface area contributed by atoms with Crippen LogP contribution in [0.15, 0.2) is 41.1 Å². The van der Waals surface area contributed by atoms with Gasteiger partial charge in [0, 0.05) is 36.5 Å². The van der Waals surface area contributed by atoms with E-state index in [4.69, 9.17) is 5.73 Å². The third-order valence-electron chi connectivity index (χ3n) is 2.96. The number of anilines is 1. The molecular weight excluding hydrogens is 316 g/mol. The van der Waals surface area contributed by atoms with E-state index < -0.39 is 0 Å². The molecule has 5 heteroatoms. The Morgan fingerprint density at radius 1 is 1.25 bits per heavy atom. The summed E-state index contributed by atoms with van der Waals surface area (Å²) in [5.41, 5.74) is 8.04. The fraction of sp³-hybridized carbons (Fsp3) is 0.333. The van der Waals surface area contributed by atoms with Gasteiger partial charge in [-0.2, -0.15) is 0 Å². The molecule has 1 aromatic carbocycles. The van der Waals surface area contributed by atoms with Gasteiger partial charge in [-0.1, -0.05) is 34.1 Å². The van der Waals surface area contributed by atoms with Crippen molar-refractivity contribution in [2.24, 2.45) is 5.73 Å². The van der Waals surface area contributed by atoms with Crippen LogP contribution >= 0.6 is 15.9 Å². The first-order valence-corrected chi connectivity index (χ1v) is 7.36. The van der Waals surface area contributed by atoms with Gasteiger partial charge in [-0.05, 0) is 30.5 Å². The van der Waals surface area contributed by atoms with E-state index in [-0.39, 0.29) is 6.04 Å². The van der Waals surface area contributed by atoms with Crippen LogP contribution in [0.4, 0.5) is 5.95 Å². The first-order chi connectivity index (χ1) is 9.56. The van der Waals surface area contributed by atoms with Gasteiger partial charge in [0.1, 0.15) is 0 Å². The lowest BCUT2D eigenvalue weighted by atomic mass is 10.1. The van der Waals surface area contributed by atoms with Crippen molar-refractivity contribution in [1.29, 1.82) is 0 Å². The van der Waals surface area contributed by atoms with Crippen LogP contribution in [0, 0.1) is 0 Å². The van der Waals surface area contributed by atoms with Gasteiger partial charge in [0.05, 0.1) is 0 Å². The van der Waals surface area contributed by atoms with Gasteiger partial charge < -0.3 is 10.6 Å². The molecule has 0 fully saturated rings. The Morgan fingerprint density at radius 2 is 1.90 bits per heavy atom. The summed E-state index contributed by atoms with van der Waals surface area (Å²) in [6, 6.07) is 8.29. The quantitative estimate of drug-likeness (QED) is 0.913. The van der Waals surface area contributed by atoms with Gasteiger partial charge in [0.2, 0.25) is 5.95 Å². The van der Waals surface area contributed by atoms with E-state index in [1.165, 1.54) is 5.56 Å². The molecule has 1 aromatic heterocycles. The molecule has 0 bridgehead atoms. The Hall–Kier alpha value is -1.46. The lowest BCUT2D eigenvalue weighted by Gasteiger charge is -2.18. The average molecular weight is 335 g/mol. The molecule has 0 spiro atoms. The average Bonchev–Trinajstić information content (AvgIpc) is 2.41. The van der Waals surface area contributed by atoms with Gasteiger partial charge in [0.25, 0.3) is 0 Å². The van der Waals surface area contributed by atoms with Crippen molar-refractivity contribution >= 4 is 21.9 Å². The molecule has 0 amide bonds. The SMILES string of the molecule is CC(N)Cc1cnc(N(C)Cc2ccccc2Br)nc1. The van der Waals surface area contributed by atoms with Crippen LogP contribution in [-0.2, 0) is 13.0 Å². The van der Waals surface area contributed by atoms with Crippen molar-refractivity contribution in [2.45, 2.75) is 25.9 Å². The van der Waals surface area contributed by atoms with Crippen molar-refractivity contribution in [1.82, 2.24) is 9.97 Å². The summed E-state index contributed by atoms with van der Waals surface area (Å²) < 4.78 is 1.10. The molecular formula is C15H19BrN4. The maximum absolute atomic E-state index is 5.77. The summed E-state index contributed by atoms with van der Waals surface area (Å²) in [5.74, 6) is 0.717. The van der Waals surface area contributed by atoms with Crippen molar-refractivity contribution in [3.05, 3.63) is 52.3 Å². The predicted octanol–water partition coefficient (Wildman–Crippen LogP) is 2.77. The third kappa shape index (κ3) is 4.02. The minimum absolute atomic E-state index is 0.127. The van der Waals surface area contributed by atoms with Crippen LogP contribution in [0.1, 0.15) is 18.1 Å². The molecule has 0 aliphatic carbocycles. The molecule has 2 rings (SSSR count). The summed E-state index contributed by atoms with van der Waals surface area (Å²) in [6.07, 6.45) is 4.50. The second-order valence-corrected chi connectivity index (χ2v) is 5.87. The highest BCUT2D eigenvalue weighted by atomic mass is 79.9. The van der Waals surface area contributed by atoms with Crippen LogP contribution in [0.5, 0.6) is 0 Å². The first-order valence-electron chi connectivity index (χ1n) is 6.57. The van der Waals surface area contributed by atoms with Crippen LogP contribution in [0.25, 0.3) is 0 Å². The number of halogens is 1. The predicted molar refractivity (Wildman–Crippen MR) is 85.6 cm³/mol. The van der Waals surface area contributed by atoms with Gasteiger partial charge in [-0.15, -0.1) is 0 Å². The highest BCUT2D eigenvalue weighted by Crippen LogP contribution is 2.19. The van der Waals surface area contributed by atoms with Gasteiger partial charge in [0.15, 0.2) is 0 Å². The summed E-state index contributed by atoms with van der Waals surface area (Å²) in [5, 5.41) is 0. The van der Waals surface area contributed by atoms with Crippen molar-refractivity contribution in [3.8, 4) is 0 Å². The fourth-order valence-electron chi connectivity index (χ4n) is 1.98. The zero-order valence-corrected chi connectivity index (χ0v) is 13.3. The highest BCUT2D eigenvalue weighted by molar-refractivity contribution is 9.10. The molecule has 0 saturated carbocycles. The zero-order chi connectivity index (χ0) is 14.5. The van der Waals surface area contributed by atoms with E-state index in [0.29, 0.717) is 5.95 Å². The molecule has 0 aliphatic rings. The fourth-order valence-corrected chi connectivity index (χ4v) is 2.39. The monoisotopic (exact) mass is 334 g/mol. The molecule has 2 N–H and O–H groups in total. The molecule has 4 nitrogen and oxygen atoms in total. The molecule has 1 atom stereocenters. The van der Waals surface area contributed by atoms with E-state index in [1.54, 1.807) is 0 Å². The van der Waals surface area contributed by atoms with E-state index in [9.17, 15) is 0 Å². The number of benzene rings is 1. The highest BCUT2D eigenvalue weighted by Gasteiger charge is 2.08. The van der Waals surface area contributed by atoms with Crippen molar-refractivity contribution in [3.63, 3.8) is 0 Å². The zero-order valence-electron chi connectivity index (χ0n) is 11.8. The largest absolute Gasteiger partial charge is 0.340 e. The molecule has 106 valence electrons. The topological polar surface area (TPSA) is 55.0 Å². The number of nitrogens with two attached hydrogens (primary N) is 1. The van der Waals surface area contributed by atoms with Crippen LogP contribution in [0.2, 0.25) is 0 Å². The lowest BCUT2D eigenvalue weighted by Crippen LogP contribution is -2.21. The Bertz CT molecular complexity index is 554. The minimum Gasteiger partial charge on any atom is -0.340 e. The third-order valence-corrected chi connectivity index (χ3v) is 3.73. The van der Waals surface area contributed by atoms with Gasteiger partial charge >= 0.3 is 0 Å². The molecule has 20 heavy (non-hydrogen) atoms. The van der Waals surface area contributed by atoms with Crippen LogP contribution in [0.3, 0.4) is 0 Å². The number of aromatic nitrogens is 2. The van der Waals surface area contributed by atoms with Gasteiger partial charge in [-0.25, -0.2) is 9.97 Å². The van der Waals surface area contributed by atoms with Crippen molar-refractivity contribution in [2.75, 3.05) is 11.9 Å². The number of rotatable bonds is 5. The normalized spacial score (nSPS) is 12.2. The van der Waals surface area contributed by atoms with Gasteiger partial charge in [-0.3, -0.25) is 0 Å². The number of hydrogen-bond donors (Lipinski definition) is 1. The van der Waals surface area contributed by atoms with Crippen LogP contribution < -0.4 is 10.6 Å². The Balaban J connectivity index is 2.06. The first kappa shape index (κ1) is 14.9. The standard InChI is InChI=1S/C15H19BrN4/c1-11(17)7-12-8-18-15(19-9-12)20(2)10-13-5-3-4-6-14(13)16/h3-6,8-9,11H,7,10,17H2,1-2H3. The Labute approximate surface area is 128 Å². The molecule has 2 aromatic rings. The second kappa shape index (κ2) is 6.81. The van der Waals surface area contributed by atoms with E-state index >= 15 is 0 Å². The van der Waals surface area contributed by atoms with E-state index in [2.05, 4.69) is 32.0 Å². The second-order valence-electron chi connectivity index (χ2n) is 5.02. The Morgan fingerprint density at radius 3 is 2.50 bits per heavy atom. The maximum Gasteiger partial charge on any atom is 0.225 e. The smallest absolute Gasteiger partial charge is 0.225 e. The van der Waals surface area contributed by atoms with Crippen molar-refractivity contribution < 1.29 is 0 Å². The summed E-state index contributed by atoms with van der Waals surface area (Å²) in [4.78, 5) is 10.8. The van der Waals surface area contributed by atoms with Crippen LogP contribution in [-0.4, -0.2) is 23.1 Å². The molecule has 1 unspecified atom stereocenters. The number of hydrogen-bond acceptors (Lipinski definition) is 4.